The van der Waals surface area contributed by atoms with Crippen molar-refractivity contribution in [2.45, 2.75) is 63.9 Å². The average molecular weight is 440 g/mol. The van der Waals surface area contributed by atoms with Gasteiger partial charge < -0.3 is 15.0 Å². The van der Waals surface area contributed by atoms with E-state index in [2.05, 4.69) is 5.32 Å². The summed E-state index contributed by atoms with van der Waals surface area (Å²) in [7, 11) is 0. The molecule has 168 valence electrons. The van der Waals surface area contributed by atoms with Gasteiger partial charge in [-0.3, -0.25) is 4.79 Å². The fraction of sp³-hybridized carbons (Fsp3) is 0.579. The highest BCUT2D eigenvalue weighted by atomic mass is 19.4. The average Bonchev–Trinajstić information content (AvgIpc) is 2.56. The Morgan fingerprint density at radius 2 is 1.73 bits per heavy atom. The van der Waals surface area contributed by atoms with Gasteiger partial charge in [-0.25, -0.2) is 18.0 Å². The number of carbonyl (C=O) groups is 2. The van der Waals surface area contributed by atoms with Crippen molar-refractivity contribution in [2.75, 3.05) is 6.54 Å². The van der Waals surface area contributed by atoms with E-state index in [1.807, 2.05) is 0 Å². The van der Waals surface area contributed by atoms with E-state index in [4.69, 9.17) is 4.74 Å². The van der Waals surface area contributed by atoms with Crippen LogP contribution >= 0.6 is 0 Å². The van der Waals surface area contributed by atoms with Crippen LogP contribution in [0.2, 0.25) is 0 Å². The van der Waals surface area contributed by atoms with Crippen LogP contribution in [0.15, 0.2) is 12.1 Å². The zero-order valence-corrected chi connectivity index (χ0v) is 16.7. The molecule has 1 heterocycles. The molecule has 1 aliphatic rings. The summed E-state index contributed by atoms with van der Waals surface area (Å²) in [5, 5.41) is 2.16. The zero-order chi connectivity index (χ0) is 23.0. The van der Waals surface area contributed by atoms with Gasteiger partial charge in [-0.15, -0.1) is 0 Å². The van der Waals surface area contributed by atoms with Gasteiger partial charge in [0.2, 0.25) is 5.91 Å². The fourth-order valence-corrected chi connectivity index (χ4v) is 3.40. The molecule has 1 N–H and O–H groups in total. The number of benzene rings is 1. The maximum absolute atomic E-state index is 14.3. The van der Waals surface area contributed by atoms with E-state index in [0.29, 0.717) is 17.0 Å². The number of hydrogen-bond acceptors (Lipinski definition) is 3. The normalized spacial score (nSPS) is 22.8. The molecule has 0 aliphatic carbocycles. The number of rotatable bonds is 3. The van der Waals surface area contributed by atoms with Crippen LogP contribution in [0.4, 0.5) is 31.1 Å². The van der Waals surface area contributed by atoms with Crippen molar-refractivity contribution in [1.29, 1.82) is 0 Å². The second-order valence-corrected chi connectivity index (χ2v) is 8.12. The first-order valence-corrected chi connectivity index (χ1v) is 9.11. The SMILES string of the molecule is C[C@@H]1[C@H](c2c(F)ccc(F)c2F)CC(NC(=O)OC(C)(C)C)C(=O)N1CC(F)(F)F. The molecular weight excluding hydrogens is 418 g/mol. The van der Waals surface area contributed by atoms with Crippen molar-refractivity contribution >= 4 is 12.0 Å². The second-order valence-electron chi connectivity index (χ2n) is 8.12. The highest BCUT2D eigenvalue weighted by Gasteiger charge is 2.47. The fourth-order valence-electron chi connectivity index (χ4n) is 3.40. The number of alkyl carbamates (subject to hydrolysis) is 1. The van der Waals surface area contributed by atoms with Crippen LogP contribution in [-0.2, 0) is 9.53 Å². The number of nitrogens with one attached hydrogen (secondary N) is 1. The zero-order valence-electron chi connectivity index (χ0n) is 16.7. The standard InChI is InChI=1S/C19H22F6N2O3/c1-9-10(14-11(20)5-6-12(21)15(14)22)7-13(26-17(29)30-18(2,3)4)16(28)27(9)8-19(23,24)25/h5-6,9-10,13H,7-8H2,1-4H3,(H,26,29)/t9-,10-,13?/m1/s1. The summed E-state index contributed by atoms with van der Waals surface area (Å²) in [4.78, 5) is 25.0. The Bertz CT molecular complexity index is 822. The Morgan fingerprint density at radius 1 is 1.17 bits per heavy atom. The number of hydrogen-bond donors (Lipinski definition) is 1. The van der Waals surface area contributed by atoms with Gasteiger partial charge in [0.05, 0.1) is 0 Å². The quantitative estimate of drug-likeness (QED) is 0.565. The summed E-state index contributed by atoms with van der Waals surface area (Å²) in [6, 6.07) is -1.66. The number of carbonyl (C=O) groups excluding carboxylic acids is 2. The van der Waals surface area contributed by atoms with Crippen molar-refractivity contribution in [1.82, 2.24) is 10.2 Å². The number of amides is 2. The molecule has 5 nitrogen and oxygen atoms in total. The summed E-state index contributed by atoms with van der Waals surface area (Å²) in [5.41, 5.74) is -1.74. The Morgan fingerprint density at radius 3 is 2.27 bits per heavy atom. The topological polar surface area (TPSA) is 58.6 Å². The van der Waals surface area contributed by atoms with Gasteiger partial charge in [-0.1, -0.05) is 0 Å². The van der Waals surface area contributed by atoms with E-state index in [1.165, 1.54) is 27.7 Å². The monoisotopic (exact) mass is 440 g/mol. The minimum absolute atomic E-state index is 0.375. The highest BCUT2D eigenvalue weighted by molar-refractivity contribution is 5.87. The van der Waals surface area contributed by atoms with Crippen LogP contribution in [-0.4, -0.2) is 47.3 Å². The Labute approximate surface area is 169 Å². The lowest BCUT2D eigenvalue weighted by Crippen LogP contribution is -2.60. The Balaban J connectivity index is 2.44. The van der Waals surface area contributed by atoms with Gasteiger partial charge in [0.15, 0.2) is 11.6 Å². The van der Waals surface area contributed by atoms with Gasteiger partial charge in [-0.05, 0) is 46.2 Å². The molecular formula is C19H22F6N2O3. The molecule has 0 spiro atoms. The lowest BCUT2D eigenvalue weighted by molar-refractivity contribution is -0.171. The van der Waals surface area contributed by atoms with Crippen LogP contribution in [0.1, 0.15) is 45.6 Å². The third kappa shape index (κ3) is 5.57. The minimum Gasteiger partial charge on any atom is -0.444 e. The van der Waals surface area contributed by atoms with E-state index in [1.54, 1.807) is 0 Å². The van der Waals surface area contributed by atoms with Crippen molar-refractivity contribution in [3.05, 3.63) is 35.1 Å². The lowest BCUT2D eigenvalue weighted by Gasteiger charge is -2.43. The van der Waals surface area contributed by atoms with Gasteiger partial charge in [0.25, 0.3) is 0 Å². The first-order valence-electron chi connectivity index (χ1n) is 9.11. The van der Waals surface area contributed by atoms with Crippen LogP contribution < -0.4 is 5.32 Å². The first kappa shape index (κ1) is 23.8. The predicted molar refractivity (Wildman–Crippen MR) is 94.1 cm³/mol. The Kier molecular flexibility index (Phi) is 6.63. The van der Waals surface area contributed by atoms with E-state index in [9.17, 15) is 35.9 Å². The van der Waals surface area contributed by atoms with Gasteiger partial charge in [-0.2, -0.15) is 13.2 Å². The predicted octanol–water partition coefficient (Wildman–Crippen LogP) is 4.26. The number of piperidine rings is 1. The van der Waals surface area contributed by atoms with Gasteiger partial charge in [0.1, 0.15) is 24.0 Å². The highest BCUT2D eigenvalue weighted by Crippen LogP contribution is 2.38. The van der Waals surface area contributed by atoms with Crippen LogP contribution in [0.5, 0.6) is 0 Å². The molecule has 11 heteroatoms. The lowest BCUT2D eigenvalue weighted by atomic mass is 9.81. The summed E-state index contributed by atoms with van der Waals surface area (Å²) in [6.45, 7) is 4.09. The number of nitrogens with zero attached hydrogens (tertiary/aromatic N) is 1. The number of alkyl halides is 3. The molecule has 0 saturated carbocycles. The molecule has 0 bridgehead atoms. The van der Waals surface area contributed by atoms with Crippen LogP contribution in [0, 0.1) is 17.5 Å². The molecule has 30 heavy (non-hydrogen) atoms. The van der Waals surface area contributed by atoms with Crippen LogP contribution in [0.25, 0.3) is 0 Å². The molecule has 1 saturated heterocycles. The largest absolute Gasteiger partial charge is 0.444 e. The smallest absolute Gasteiger partial charge is 0.408 e. The van der Waals surface area contributed by atoms with Gasteiger partial charge >= 0.3 is 12.3 Å². The summed E-state index contributed by atoms with van der Waals surface area (Å²) in [5.74, 6) is -6.53. The molecule has 2 amide bonds. The molecule has 0 radical (unpaired) electrons. The molecule has 1 aromatic carbocycles. The summed E-state index contributed by atoms with van der Waals surface area (Å²) >= 11 is 0. The first-order chi connectivity index (χ1) is 13.6. The third-order valence-electron chi connectivity index (χ3n) is 4.64. The van der Waals surface area contributed by atoms with Crippen molar-refractivity contribution in [3.8, 4) is 0 Å². The molecule has 1 aromatic rings. The third-order valence-corrected chi connectivity index (χ3v) is 4.64. The molecule has 0 aromatic heterocycles. The maximum Gasteiger partial charge on any atom is 0.408 e. The van der Waals surface area contributed by atoms with E-state index in [0.717, 1.165) is 0 Å². The summed E-state index contributed by atoms with van der Waals surface area (Å²) < 4.78 is 86.5. The molecule has 1 aliphatic heterocycles. The second kappa shape index (κ2) is 8.35. The molecule has 1 unspecified atom stereocenters. The molecule has 1 fully saturated rings. The molecule has 2 rings (SSSR count). The van der Waals surface area contributed by atoms with E-state index >= 15 is 0 Å². The number of ether oxygens (including phenoxy) is 1. The van der Waals surface area contributed by atoms with E-state index in [-0.39, 0.29) is 0 Å². The van der Waals surface area contributed by atoms with Gasteiger partial charge in [0, 0.05) is 17.5 Å². The summed E-state index contributed by atoms with van der Waals surface area (Å²) in [6.07, 6.45) is -6.33. The van der Waals surface area contributed by atoms with E-state index < -0.39 is 77.8 Å². The molecule has 3 atom stereocenters. The number of likely N-dealkylation sites (tertiary alicyclic amines) is 1. The van der Waals surface area contributed by atoms with Crippen molar-refractivity contribution < 1.29 is 40.7 Å². The van der Waals surface area contributed by atoms with Crippen molar-refractivity contribution in [2.24, 2.45) is 0 Å². The Hall–Kier alpha value is -2.46. The maximum atomic E-state index is 14.3. The van der Waals surface area contributed by atoms with Crippen LogP contribution in [0.3, 0.4) is 0 Å². The minimum atomic E-state index is -4.80. The number of halogens is 6. The van der Waals surface area contributed by atoms with Crippen molar-refractivity contribution in [3.63, 3.8) is 0 Å².